The molecule has 0 radical (unpaired) electrons. The molecule has 1 aromatic carbocycles. The maximum Gasteiger partial charge on any atom is 1.00 e. The molecule has 0 unspecified atom stereocenters. The first-order chi connectivity index (χ1) is 8.61. The van der Waals surface area contributed by atoms with Gasteiger partial charge in [-0.2, -0.15) is 0 Å². The van der Waals surface area contributed by atoms with Crippen LogP contribution in [0.4, 0.5) is 18.6 Å². The van der Waals surface area contributed by atoms with Crippen molar-refractivity contribution in [2.75, 3.05) is 12.8 Å². The van der Waals surface area contributed by atoms with Crippen LogP contribution in [-0.4, -0.2) is 20.1 Å². The van der Waals surface area contributed by atoms with Gasteiger partial charge in [-0.05, 0) is 31.9 Å². The number of benzene rings is 1. The molecule has 2 N–H and O–H groups in total. The van der Waals surface area contributed by atoms with E-state index in [-0.39, 0.29) is 74.6 Å². The molecule has 1 rings (SSSR count). The number of halogens is 3. The van der Waals surface area contributed by atoms with Gasteiger partial charge < -0.3 is 23.4 Å². The van der Waals surface area contributed by atoms with Crippen LogP contribution in [0, 0.1) is 20.8 Å². The van der Waals surface area contributed by atoms with Crippen molar-refractivity contribution in [3.05, 3.63) is 22.3 Å². The Kier molecular flexibility index (Phi) is 7.30. The summed E-state index contributed by atoms with van der Waals surface area (Å²) in [6.07, 6.45) is -0.211. The van der Waals surface area contributed by atoms with E-state index in [1.807, 2.05) is 0 Å². The topological polar surface area (TPSA) is 52.3 Å². The van der Waals surface area contributed by atoms with Crippen LogP contribution in [0.3, 0.4) is 0 Å². The van der Waals surface area contributed by atoms with Crippen molar-refractivity contribution >= 4 is 24.1 Å². The zero-order valence-corrected chi connectivity index (χ0v) is 15.4. The third-order valence-corrected chi connectivity index (χ3v) is 3.40. The van der Waals surface area contributed by atoms with E-state index in [1.54, 1.807) is 6.92 Å². The van der Waals surface area contributed by atoms with Gasteiger partial charge in [0.15, 0.2) is 0 Å². The Morgan fingerprint density at radius 2 is 1.65 bits per heavy atom. The van der Waals surface area contributed by atoms with E-state index < -0.39 is 18.4 Å². The number of methoxy groups -OCH3 is 1. The van der Waals surface area contributed by atoms with Crippen LogP contribution in [0.25, 0.3) is 0 Å². The van der Waals surface area contributed by atoms with Crippen LogP contribution < -0.4 is 62.6 Å². The van der Waals surface area contributed by atoms with Crippen molar-refractivity contribution in [2.45, 2.75) is 27.2 Å². The molecular formula is C12H16BF3KNO2. The molecule has 0 amide bonds. The third kappa shape index (κ3) is 4.01. The number of carbonyl (C=O) groups is 1. The quantitative estimate of drug-likeness (QED) is 0.441. The minimum Gasteiger partial charge on any atom is -0.469 e. The molecule has 0 aromatic heterocycles. The fourth-order valence-electron chi connectivity index (χ4n) is 2.29. The molecule has 0 atom stereocenters. The molecule has 0 spiro atoms. The predicted octanol–water partition coefficient (Wildman–Crippen LogP) is -1.03. The molecular weight excluding hydrogens is 297 g/mol. The van der Waals surface area contributed by atoms with Crippen LogP contribution >= 0.6 is 0 Å². The zero-order chi connectivity index (χ0) is 15.0. The summed E-state index contributed by atoms with van der Waals surface area (Å²) in [6, 6.07) is 0. The van der Waals surface area contributed by atoms with Gasteiger partial charge in [-0.25, -0.2) is 0 Å². The zero-order valence-electron chi connectivity index (χ0n) is 12.3. The number of esters is 1. The molecule has 1 aromatic rings. The van der Waals surface area contributed by atoms with E-state index >= 15 is 0 Å². The molecule has 0 saturated heterocycles. The van der Waals surface area contributed by atoms with E-state index in [4.69, 9.17) is 5.73 Å². The van der Waals surface area contributed by atoms with E-state index in [2.05, 4.69) is 4.74 Å². The first-order valence-corrected chi connectivity index (χ1v) is 5.76. The minimum absolute atomic E-state index is 0. The molecule has 0 aliphatic rings. The molecule has 0 saturated carbocycles. The van der Waals surface area contributed by atoms with Gasteiger partial charge >= 0.3 is 64.3 Å². The molecule has 8 heteroatoms. The fourth-order valence-corrected chi connectivity index (χ4v) is 2.29. The van der Waals surface area contributed by atoms with Crippen molar-refractivity contribution in [1.82, 2.24) is 0 Å². The summed E-state index contributed by atoms with van der Waals surface area (Å²) >= 11 is 0. The molecule has 0 heterocycles. The van der Waals surface area contributed by atoms with E-state index in [9.17, 15) is 17.7 Å². The van der Waals surface area contributed by atoms with Gasteiger partial charge in [0.25, 0.3) is 0 Å². The van der Waals surface area contributed by atoms with Crippen LogP contribution in [0.15, 0.2) is 0 Å². The van der Waals surface area contributed by atoms with Crippen molar-refractivity contribution < 1.29 is 73.9 Å². The van der Waals surface area contributed by atoms with Gasteiger partial charge in [-0.3, -0.25) is 4.79 Å². The summed E-state index contributed by atoms with van der Waals surface area (Å²) in [5.41, 5.74) is 5.98. The Morgan fingerprint density at radius 3 is 2.05 bits per heavy atom. The molecule has 106 valence electrons. The molecule has 0 aliphatic heterocycles. The van der Waals surface area contributed by atoms with Crippen molar-refractivity contribution in [1.29, 1.82) is 0 Å². The molecule has 3 nitrogen and oxygen atoms in total. The van der Waals surface area contributed by atoms with E-state index in [0.717, 1.165) is 0 Å². The first kappa shape index (κ1) is 20.0. The Bertz CT molecular complexity index is 533. The number of hydrogen-bond donors (Lipinski definition) is 1. The molecule has 0 fully saturated rings. The third-order valence-electron chi connectivity index (χ3n) is 3.40. The van der Waals surface area contributed by atoms with E-state index in [1.165, 1.54) is 21.0 Å². The number of ether oxygens (including phenoxy) is 1. The number of carbonyl (C=O) groups excluding carboxylic acids is 1. The van der Waals surface area contributed by atoms with Crippen LogP contribution in [0.2, 0.25) is 0 Å². The Labute approximate surface area is 158 Å². The van der Waals surface area contributed by atoms with Crippen molar-refractivity contribution in [2.24, 2.45) is 0 Å². The predicted molar refractivity (Wildman–Crippen MR) is 69.5 cm³/mol. The molecule has 20 heavy (non-hydrogen) atoms. The Hall–Kier alpha value is -0.0187. The summed E-state index contributed by atoms with van der Waals surface area (Å²) in [5.74, 6) is -0.588. The van der Waals surface area contributed by atoms with E-state index in [0.29, 0.717) is 11.1 Å². The van der Waals surface area contributed by atoms with Gasteiger partial charge in [0, 0.05) is 5.69 Å². The largest absolute Gasteiger partial charge is 1.00 e. The normalized spacial score (nSPS) is 10.9. The smallest absolute Gasteiger partial charge is 0.469 e. The van der Waals surface area contributed by atoms with Gasteiger partial charge in [0.2, 0.25) is 0 Å². The maximum atomic E-state index is 13.1. The number of hydrogen-bond acceptors (Lipinski definition) is 3. The first-order valence-electron chi connectivity index (χ1n) is 5.76. The average molecular weight is 313 g/mol. The number of nitrogens with two attached hydrogens (primary N) is 1. The Balaban J connectivity index is 0.00000361. The summed E-state index contributed by atoms with van der Waals surface area (Å²) < 4.78 is 43.8. The van der Waals surface area contributed by atoms with Gasteiger partial charge in [-0.1, -0.05) is 11.1 Å². The fraction of sp³-hybridized carbons (Fsp3) is 0.417. The summed E-state index contributed by atoms with van der Waals surface area (Å²) in [4.78, 5) is 11.3. The summed E-state index contributed by atoms with van der Waals surface area (Å²) in [7, 11) is 1.19. The standard InChI is InChI=1S/C12H16BF3NO2.K/c1-6-9(5-10(18)19-4)7(2)12(17)8(3)11(6)13(14,15)16;/h5,17H2,1-4H3;/q-1;+1. The molecule has 0 aliphatic carbocycles. The maximum absolute atomic E-state index is 13.1. The van der Waals surface area contributed by atoms with Gasteiger partial charge in [-0.15, -0.1) is 5.46 Å². The second kappa shape index (κ2) is 7.31. The second-order valence-electron chi connectivity index (χ2n) is 4.51. The van der Waals surface area contributed by atoms with Crippen LogP contribution in [0.5, 0.6) is 0 Å². The number of nitrogen functional groups attached to an aromatic ring is 1. The second-order valence-corrected chi connectivity index (χ2v) is 4.51. The monoisotopic (exact) mass is 313 g/mol. The van der Waals surface area contributed by atoms with Gasteiger partial charge in [0.1, 0.15) is 0 Å². The minimum atomic E-state index is -5.18. The van der Waals surface area contributed by atoms with Crippen molar-refractivity contribution in [3.63, 3.8) is 0 Å². The number of rotatable bonds is 3. The van der Waals surface area contributed by atoms with Crippen LogP contribution in [0.1, 0.15) is 22.3 Å². The Morgan fingerprint density at radius 1 is 1.15 bits per heavy atom. The van der Waals surface area contributed by atoms with Crippen molar-refractivity contribution in [3.8, 4) is 0 Å². The summed E-state index contributed by atoms with van der Waals surface area (Å²) in [5, 5.41) is 0. The van der Waals surface area contributed by atoms with Gasteiger partial charge in [0.05, 0.1) is 13.5 Å². The van der Waals surface area contributed by atoms with Crippen LogP contribution in [-0.2, 0) is 16.0 Å². The molecule has 0 bridgehead atoms. The average Bonchev–Trinajstić information content (AvgIpc) is 2.30. The summed E-state index contributed by atoms with van der Waals surface area (Å²) in [6.45, 7) is -0.851. The number of anilines is 1. The SMILES string of the molecule is COC(=O)Cc1c(C)c(N)c(C)c([B-](F)(F)F)c1C.[K+].